The lowest BCUT2D eigenvalue weighted by Crippen LogP contribution is -2.41. The monoisotopic (exact) mass is 405 g/mol. The number of carbonyl (C=O) groups is 1. The molecule has 4 rings (SSSR count). The summed E-state index contributed by atoms with van der Waals surface area (Å²) in [5.74, 6) is 1.39. The van der Waals surface area contributed by atoms with Crippen LogP contribution in [0.15, 0.2) is 54.6 Å². The van der Waals surface area contributed by atoms with Gasteiger partial charge >= 0.3 is 0 Å². The highest BCUT2D eigenvalue weighted by atomic mass is 16.5. The van der Waals surface area contributed by atoms with E-state index in [4.69, 9.17) is 15.2 Å². The standard InChI is InChI=1S/C24H27N3O3/c1-16-14-20(25)24-21(26-16)8-5-9-22(24)30-19-12-10-17(11-13-19)27-23(28)15-29-18-6-3-2-4-7-18/h2-9,14,17,19H,10-13,15H2,1H3,(H2,25,26)(H,27,28). The normalized spacial score (nSPS) is 18.7. The molecule has 6 nitrogen and oxygen atoms in total. The van der Waals surface area contributed by atoms with Crippen LogP contribution in [-0.2, 0) is 4.79 Å². The Balaban J connectivity index is 1.29. The number of aromatic nitrogens is 1. The summed E-state index contributed by atoms with van der Waals surface area (Å²) in [6.07, 6.45) is 3.60. The van der Waals surface area contributed by atoms with Crippen molar-refractivity contribution < 1.29 is 14.3 Å². The van der Waals surface area contributed by atoms with Crippen molar-refractivity contribution in [3.63, 3.8) is 0 Å². The van der Waals surface area contributed by atoms with Gasteiger partial charge in [-0.05, 0) is 62.9 Å². The van der Waals surface area contributed by atoms with Gasteiger partial charge in [0.2, 0.25) is 0 Å². The Morgan fingerprint density at radius 2 is 1.87 bits per heavy atom. The van der Waals surface area contributed by atoms with Crippen molar-refractivity contribution in [2.45, 2.75) is 44.8 Å². The van der Waals surface area contributed by atoms with Crippen molar-refractivity contribution in [1.82, 2.24) is 10.3 Å². The maximum atomic E-state index is 12.2. The third kappa shape index (κ3) is 4.82. The molecule has 1 aliphatic rings. The van der Waals surface area contributed by atoms with Gasteiger partial charge in [0.05, 0.1) is 17.0 Å². The van der Waals surface area contributed by atoms with E-state index >= 15 is 0 Å². The number of nitrogens with zero attached hydrogens (tertiary/aromatic N) is 1. The molecular weight excluding hydrogens is 378 g/mol. The predicted octanol–water partition coefficient (Wildman–Crippen LogP) is 4.01. The van der Waals surface area contributed by atoms with E-state index in [1.165, 1.54) is 0 Å². The number of para-hydroxylation sites is 1. The Morgan fingerprint density at radius 3 is 2.63 bits per heavy atom. The van der Waals surface area contributed by atoms with Crippen LogP contribution in [0.5, 0.6) is 11.5 Å². The number of benzene rings is 2. The summed E-state index contributed by atoms with van der Waals surface area (Å²) in [7, 11) is 0. The molecule has 1 aromatic heterocycles. The molecule has 0 unspecified atom stereocenters. The molecule has 1 amide bonds. The van der Waals surface area contributed by atoms with Gasteiger partial charge in [-0.25, -0.2) is 0 Å². The van der Waals surface area contributed by atoms with E-state index in [1.54, 1.807) is 0 Å². The van der Waals surface area contributed by atoms with Crippen molar-refractivity contribution >= 4 is 22.5 Å². The number of aryl methyl sites for hydroxylation is 1. The van der Waals surface area contributed by atoms with Crippen LogP contribution >= 0.6 is 0 Å². The van der Waals surface area contributed by atoms with Crippen LogP contribution in [0.2, 0.25) is 0 Å². The lowest BCUT2D eigenvalue weighted by molar-refractivity contribution is -0.124. The van der Waals surface area contributed by atoms with Gasteiger partial charge in [0.25, 0.3) is 5.91 Å². The summed E-state index contributed by atoms with van der Waals surface area (Å²) in [6, 6.07) is 17.2. The van der Waals surface area contributed by atoms with Crippen molar-refractivity contribution in [2.24, 2.45) is 0 Å². The van der Waals surface area contributed by atoms with Gasteiger partial charge in [-0.1, -0.05) is 24.3 Å². The second kappa shape index (κ2) is 9.03. The molecule has 3 aromatic rings. The van der Waals surface area contributed by atoms with Crippen LogP contribution in [0.1, 0.15) is 31.4 Å². The van der Waals surface area contributed by atoms with Crippen LogP contribution in [0.25, 0.3) is 10.9 Å². The van der Waals surface area contributed by atoms with Crippen molar-refractivity contribution in [2.75, 3.05) is 12.3 Å². The van der Waals surface area contributed by atoms with E-state index in [0.29, 0.717) is 11.4 Å². The van der Waals surface area contributed by atoms with E-state index in [9.17, 15) is 4.79 Å². The van der Waals surface area contributed by atoms with Crippen molar-refractivity contribution in [1.29, 1.82) is 0 Å². The Bertz CT molecular complexity index is 1010. The van der Waals surface area contributed by atoms with Crippen LogP contribution < -0.4 is 20.5 Å². The highest BCUT2D eigenvalue weighted by Gasteiger charge is 2.24. The molecule has 0 atom stereocenters. The minimum atomic E-state index is -0.0912. The number of ether oxygens (including phenoxy) is 2. The Kier molecular flexibility index (Phi) is 6.02. The predicted molar refractivity (Wildman–Crippen MR) is 118 cm³/mol. The fourth-order valence-corrected chi connectivity index (χ4v) is 3.96. The maximum absolute atomic E-state index is 12.2. The molecule has 1 saturated carbocycles. The summed E-state index contributed by atoms with van der Waals surface area (Å²) in [4.78, 5) is 16.7. The van der Waals surface area contributed by atoms with E-state index in [2.05, 4.69) is 10.3 Å². The first-order valence-electron chi connectivity index (χ1n) is 10.4. The smallest absolute Gasteiger partial charge is 0.258 e. The van der Waals surface area contributed by atoms with Crippen LogP contribution in [0, 0.1) is 6.92 Å². The minimum Gasteiger partial charge on any atom is -0.490 e. The van der Waals surface area contributed by atoms with E-state index in [0.717, 1.165) is 48.0 Å². The van der Waals surface area contributed by atoms with Crippen LogP contribution in [0.3, 0.4) is 0 Å². The zero-order chi connectivity index (χ0) is 20.9. The molecule has 0 saturated heterocycles. The molecule has 1 aliphatic carbocycles. The molecule has 2 aromatic carbocycles. The lowest BCUT2D eigenvalue weighted by atomic mass is 9.93. The lowest BCUT2D eigenvalue weighted by Gasteiger charge is -2.30. The second-order valence-corrected chi connectivity index (χ2v) is 7.76. The number of carbonyl (C=O) groups excluding carboxylic acids is 1. The second-order valence-electron chi connectivity index (χ2n) is 7.76. The van der Waals surface area contributed by atoms with E-state index < -0.39 is 0 Å². The molecule has 156 valence electrons. The zero-order valence-electron chi connectivity index (χ0n) is 17.1. The summed E-state index contributed by atoms with van der Waals surface area (Å²) in [6.45, 7) is 1.96. The highest BCUT2D eigenvalue weighted by molar-refractivity contribution is 5.95. The minimum absolute atomic E-state index is 0.0299. The number of nitrogens with one attached hydrogen (secondary N) is 1. The first-order valence-corrected chi connectivity index (χ1v) is 10.4. The fourth-order valence-electron chi connectivity index (χ4n) is 3.96. The molecule has 3 N–H and O–H groups in total. The third-order valence-electron chi connectivity index (χ3n) is 5.40. The first kappa shape index (κ1) is 20.0. The molecular formula is C24H27N3O3. The van der Waals surface area contributed by atoms with Gasteiger partial charge in [-0.15, -0.1) is 0 Å². The van der Waals surface area contributed by atoms with Crippen LogP contribution in [0.4, 0.5) is 5.69 Å². The van der Waals surface area contributed by atoms with Gasteiger partial charge in [0.1, 0.15) is 11.5 Å². The topological polar surface area (TPSA) is 86.5 Å². The number of pyridine rings is 1. The van der Waals surface area contributed by atoms with Gasteiger partial charge in [0.15, 0.2) is 6.61 Å². The maximum Gasteiger partial charge on any atom is 0.258 e. The first-order chi connectivity index (χ1) is 14.6. The summed E-state index contributed by atoms with van der Waals surface area (Å²) >= 11 is 0. The molecule has 30 heavy (non-hydrogen) atoms. The molecule has 0 aliphatic heterocycles. The number of fused-ring (bicyclic) bond motifs is 1. The Morgan fingerprint density at radius 1 is 1.10 bits per heavy atom. The average Bonchev–Trinajstić information content (AvgIpc) is 2.74. The van der Waals surface area contributed by atoms with Gasteiger partial charge in [-0.3, -0.25) is 9.78 Å². The molecule has 0 radical (unpaired) electrons. The Labute approximate surface area is 176 Å². The largest absolute Gasteiger partial charge is 0.490 e. The van der Waals surface area contributed by atoms with Gasteiger partial charge < -0.3 is 20.5 Å². The fraction of sp³-hybridized carbons (Fsp3) is 0.333. The number of nitrogen functional groups attached to an aromatic ring is 1. The quantitative estimate of drug-likeness (QED) is 0.647. The van der Waals surface area contributed by atoms with Crippen molar-refractivity contribution in [3.05, 3.63) is 60.3 Å². The third-order valence-corrected chi connectivity index (χ3v) is 5.40. The van der Waals surface area contributed by atoms with Gasteiger partial charge in [0, 0.05) is 17.4 Å². The summed E-state index contributed by atoms with van der Waals surface area (Å²) in [5, 5.41) is 3.94. The number of rotatable bonds is 6. The zero-order valence-corrected chi connectivity index (χ0v) is 17.1. The SMILES string of the molecule is Cc1cc(N)c2c(OC3CCC(NC(=O)COc4ccccc4)CC3)cccc2n1. The Hall–Kier alpha value is -3.28. The molecule has 0 bridgehead atoms. The summed E-state index contributed by atoms with van der Waals surface area (Å²) < 4.78 is 11.8. The average molecular weight is 405 g/mol. The number of amides is 1. The van der Waals surface area contributed by atoms with E-state index in [-0.39, 0.29) is 24.7 Å². The van der Waals surface area contributed by atoms with Crippen LogP contribution in [-0.4, -0.2) is 29.6 Å². The van der Waals surface area contributed by atoms with Crippen molar-refractivity contribution in [3.8, 4) is 11.5 Å². The molecule has 0 spiro atoms. The summed E-state index contributed by atoms with van der Waals surface area (Å²) in [5.41, 5.74) is 8.66. The molecule has 1 heterocycles. The highest BCUT2D eigenvalue weighted by Crippen LogP contribution is 2.33. The number of hydrogen-bond acceptors (Lipinski definition) is 5. The number of hydrogen-bond donors (Lipinski definition) is 2. The molecule has 1 fully saturated rings. The van der Waals surface area contributed by atoms with E-state index in [1.807, 2.05) is 61.5 Å². The number of anilines is 1. The molecule has 6 heteroatoms. The van der Waals surface area contributed by atoms with Gasteiger partial charge in [-0.2, -0.15) is 0 Å². The number of nitrogens with two attached hydrogens (primary N) is 1.